The van der Waals surface area contributed by atoms with E-state index in [2.05, 4.69) is 13.8 Å². The first-order valence-electron chi connectivity index (χ1n) is 4.72. The lowest BCUT2D eigenvalue weighted by molar-refractivity contribution is -0.118. The van der Waals surface area contributed by atoms with Gasteiger partial charge in [-0.05, 0) is 23.8 Å². The molecule has 0 N–H and O–H groups in total. The number of rotatable bonds is 5. The molecule has 0 unspecified atom stereocenters. The average Bonchev–Trinajstić information content (AvgIpc) is 2.53. The van der Waals surface area contributed by atoms with Crippen molar-refractivity contribution in [2.24, 2.45) is 5.92 Å². The molecule has 0 aliphatic rings. The summed E-state index contributed by atoms with van der Waals surface area (Å²) in [6.45, 7) is 4.30. The summed E-state index contributed by atoms with van der Waals surface area (Å²) < 4.78 is 0. The predicted molar refractivity (Wildman–Crippen MR) is 57.1 cm³/mol. The molecule has 0 spiro atoms. The lowest BCUT2D eigenvalue weighted by Crippen LogP contribution is -2.02. The minimum absolute atomic E-state index is 0.371. The monoisotopic (exact) mass is 196 g/mol. The molecular formula is C11H16OS. The van der Waals surface area contributed by atoms with Crippen LogP contribution in [0.2, 0.25) is 0 Å². The van der Waals surface area contributed by atoms with Gasteiger partial charge in [-0.3, -0.25) is 4.79 Å². The molecule has 2 heteroatoms. The molecule has 0 saturated heterocycles. The summed E-state index contributed by atoms with van der Waals surface area (Å²) in [4.78, 5) is 12.6. The van der Waals surface area contributed by atoms with Crippen molar-refractivity contribution >= 4 is 17.1 Å². The zero-order valence-corrected chi connectivity index (χ0v) is 9.06. The van der Waals surface area contributed by atoms with Crippen LogP contribution in [0.25, 0.3) is 0 Å². The first-order valence-corrected chi connectivity index (χ1v) is 5.60. The van der Waals surface area contributed by atoms with E-state index in [1.54, 1.807) is 11.3 Å². The summed E-state index contributed by atoms with van der Waals surface area (Å²) >= 11 is 1.66. The third-order valence-corrected chi connectivity index (χ3v) is 2.83. The summed E-state index contributed by atoms with van der Waals surface area (Å²) in [7, 11) is 0. The summed E-state index contributed by atoms with van der Waals surface area (Å²) in [5.41, 5.74) is 0. The van der Waals surface area contributed by atoms with Crippen LogP contribution in [0.5, 0.6) is 0 Å². The average molecular weight is 196 g/mol. The van der Waals surface area contributed by atoms with E-state index in [1.165, 1.54) is 4.88 Å². The van der Waals surface area contributed by atoms with Crippen molar-refractivity contribution in [2.75, 3.05) is 0 Å². The largest absolute Gasteiger partial charge is 0.299 e. The topological polar surface area (TPSA) is 17.1 Å². The second-order valence-electron chi connectivity index (χ2n) is 3.73. The molecule has 0 aliphatic heterocycles. The van der Waals surface area contributed by atoms with Crippen LogP contribution >= 0.6 is 11.3 Å². The Labute approximate surface area is 83.8 Å². The smallest absolute Gasteiger partial charge is 0.138 e. The molecule has 1 nitrogen and oxygen atoms in total. The van der Waals surface area contributed by atoms with Gasteiger partial charge in [0.05, 0.1) is 0 Å². The Balaban J connectivity index is 2.26. The Kier molecular flexibility index (Phi) is 4.16. The number of carbonyl (C=O) groups is 1. The fraction of sp³-hybridized carbons (Fsp3) is 0.545. The van der Waals surface area contributed by atoms with E-state index < -0.39 is 0 Å². The fourth-order valence-electron chi connectivity index (χ4n) is 1.15. The lowest BCUT2D eigenvalue weighted by Gasteiger charge is -2.02. The van der Waals surface area contributed by atoms with Gasteiger partial charge in [-0.1, -0.05) is 19.9 Å². The van der Waals surface area contributed by atoms with Gasteiger partial charge in [0.25, 0.3) is 0 Å². The second kappa shape index (κ2) is 5.18. The normalized spacial score (nSPS) is 10.7. The van der Waals surface area contributed by atoms with Crippen LogP contribution in [0.4, 0.5) is 0 Å². The molecule has 0 aromatic carbocycles. The van der Waals surface area contributed by atoms with Gasteiger partial charge in [0, 0.05) is 17.7 Å². The summed E-state index contributed by atoms with van der Waals surface area (Å²) in [5, 5.41) is 2.02. The van der Waals surface area contributed by atoms with Gasteiger partial charge >= 0.3 is 0 Å². The van der Waals surface area contributed by atoms with Crippen LogP contribution < -0.4 is 0 Å². The van der Waals surface area contributed by atoms with Gasteiger partial charge in [0.15, 0.2) is 0 Å². The van der Waals surface area contributed by atoms with Crippen molar-refractivity contribution in [3.63, 3.8) is 0 Å². The molecule has 13 heavy (non-hydrogen) atoms. The highest BCUT2D eigenvalue weighted by molar-refractivity contribution is 7.10. The third-order valence-electron chi connectivity index (χ3n) is 1.95. The van der Waals surface area contributed by atoms with Gasteiger partial charge in [0.1, 0.15) is 5.78 Å². The van der Waals surface area contributed by atoms with Crippen molar-refractivity contribution in [3.05, 3.63) is 22.4 Å². The molecular weight excluding hydrogens is 180 g/mol. The maximum absolute atomic E-state index is 11.4. The highest BCUT2D eigenvalue weighted by Crippen LogP contribution is 2.12. The summed E-state index contributed by atoms with van der Waals surface area (Å²) in [6.07, 6.45) is 2.38. The molecule has 1 rings (SSSR count). The van der Waals surface area contributed by atoms with Gasteiger partial charge in [-0.2, -0.15) is 0 Å². The standard InChI is InChI=1S/C11H16OS/c1-9(2)5-6-10(12)8-11-4-3-7-13-11/h3-4,7,9H,5-6,8H2,1-2H3. The first kappa shape index (κ1) is 10.5. The van der Waals surface area contributed by atoms with Gasteiger partial charge in [0.2, 0.25) is 0 Å². The number of hydrogen-bond acceptors (Lipinski definition) is 2. The van der Waals surface area contributed by atoms with E-state index in [9.17, 15) is 4.79 Å². The quantitative estimate of drug-likeness (QED) is 0.706. The molecule has 0 saturated carbocycles. The highest BCUT2D eigenvalue weighted by atomic mass is 32.1. The molecule has 0 amide bonds. The Morgan fingerprint density at radius 1 is 1.54 bits per heavy atom. The van der Waals surface area contributed by atoms with Crippen LogP contribution in [-0.4, -0.2) is 5.78 Å². The van der Waals surface area contributed by atoms with Crippen LogP contribution in [0, 0.1) is 5.92 Å². The maximum atomic E-state index is 11.4. The molecule has 1 aromatic heterocycles. The second-order valence-corrected chi connectivity index (χ2v) is 4.76. The molecule has 0 atom stereocenters. The van der Waals surface area contributed by atoms with Crippen molar-refractivity contribution in [2.45, 2.75) is 33.1 Å². The van der Waals surface area contributed by atoms with Gasteiger partial charge < -0.3 is 0 Å². The van der Waals surface area contributed by atoms with Gasteiger partial charge in [-0.15, -0.1) is 11.3 Å². The predicted octanol–water partition coefficient (Wildman–Crippen LogP) is 3.30. The molecule has 0 fully saturated rings. The van der Waals surface area contributed by atoms with E-state index in [0.29, 0.717) is 18.1 Å². The highest BCUT2D eigenvalue weighted by Gasteiger charge is 2.05. The van der Waals surface area contributed by atoms with Crippen LogP contribution in [0.3, 0.4) is 0 Å². The number of ketones is 1. The minimum atomic E-state index is 0.371. The van der Waals surface area contributed by atoms with E-state index in [1.807, 2.05) is 17.5 Å². The van der Waals surface area contributed by atoms with E-state index in [0.717, 1.165) is 12.8 Å². The van der Waals surface area contributed by atoms with Crippen molar-refractivity contribution in [1.29, 1.82) is 0 Å². The van der Waals surface area contributed by atoms with Crippen LogP contribution in [0.1, 0.15) is 31.6 Å². The fourth-order valence-corrected chi connectivity index (χ4v) is 1.88. The molecule has 0 bridgehead atoms. The number of Topliss-reactive ketones (excluding diaryl/α,β-unsaturated/α-hetero) is 1. The molecule has 1 aromatic rings. The number of carbonyl (C=O) groups excluding carboxylic acids is 1. The SMILES string of the molecule is CC(C)CCC(=O)Cc1cccs1. The number of hydrogen-bond donors (Lipinski definition) is 0. The molecule has 1 heterocycles. The summed E-state index contributed by atoms with van der Waals surface area (Å²) in [6, 6.07) is 4.02. The Morgan fingerprint density at radius 3 is 2.85 bits per heavy atom. The van der Waals surface area contributed by atoms with Crippen LogP contribution in [-0.2, 0) is 11.2 Å². The molecule has 0 radical (unpaired) electrons. The van der Waals surface area contributed by atoms with Gasteiger partial charge in [-0.25, -0.2) is 0 Å². The van der Waals surface area contributed by atoms with Crippen molar-refractivity contribution in [3.8, 4) is 0 Å². The Morgan fingerprint density at radius 2 is 2.31 bits per heavy atom. The van der Waals surface area contributed by atoms with E-state index in [4.69, 9.17) is 0 Å². The third kappa shape index (κ3) is 4.23. The summed E-state index contributed by atoms with van der Waals surface area (Å²) in [5.74, 6) is 1.00. The zero-order valence-electron chi connectivity index (χ0n) is 8.25. The minimum Gasteiger partial charge on any atom is -0.299 e. The maximum Gasteiger partial charge on any atom is 0.138 e. The first-order chi connectivity index (χ1) is 6.18. The van der Waals surface area contributed by atoms with Crippen molar-refractivity contribution < 1.29 is 4.79 Å². The Hall–Kier alpha value is -0.630. The zero-order chi connectivity index (χ0) is 9.68. The van der Waals surface area contributed by atoms with E-state index in [-0.39, 0.29) is 0 Å². The van der Waals surface area contributed by atoms with Crippen molar-refractivity contribution in [1.82, 2.24) is 0 Å². The molecule has 72 valence electrons. The molecule has 0 aliphatic carbocycles. The number of thiophene rings is 1. The van der Waals surface area contributed by atoms with Crippen LogP contribution in [0.15, 0.2) is 17.5 Å². The lowest BCUT2D eigenvalue weighted by atomic mass is 10.0. The Bertz CT molecular complexity index is 249. The van der Waals surface area contributed by atoms with E-state index >= 15 is 0 Å².